The molecule has 1 aromatic carbocycles. The van der Waals surface area contributed by atoms with E-state index in [1.807, 2.05) is 30.3 Å². The molecule has 0 radical (unpaired) electrons. The van der Waals surface area contributed by atoms with Crippen molar-refractivity contribution in [3.05, 3.63) is 42.7 Å². The summed E-state index contributed by atoms with van der Waals surface area (Å²) >= 11 is 0. The molecule has 0 fully saturated rings. The third kappa shape index (κ3) is 6.00. The summed E-state index contributed by atoms with van der Waals surface area (Å²) in [6, 6.07) is 9.58. The minimum absolute atomic E-state index is 0.0754. The topological polar surface area (TPSA) is 41.6 Å². The summed E-state index contributed by atoms with van der Waals surface area (Å²) in [5, 5.41) is 2.91. The molecule has 0 aromatic heterocycles. The van der Waals surface area contributed by atoms with E-state index in [9.17, 15) is 4.79 Å². The first kappa shape index (κ1) is 15.6. The quantitative estimate of drug-likeness (QED) is 0.838. The van der Waals surface area contributed by atoms with Gasteiger partial charge >= 0.3 is 0 Å². The van der Waals surface area contributed by atoms with Crippen molar-refractivity contribution in [2.24, 2.45) is 0 Å². The first-order valence-corrected chi connectivity index (χ1v) is 7.58. The molecule has 21 heavy (non-hydrogen) atoms. The molecule has 0 aliphatic carbocycles. The second-order valence-electron chi connectivity index (χ2n) is 5.49. The molecule has 1 aliphatic heterocycles. The molecule has 1 amide bonds. The number of anilines is 1. The molecule has 0 unspecified atom stereocenters. The van der Waals surface area contributed by atoms with E-state index < -0.39 is 0 Å². The van der Waals surface area contributed by atoms with Crippen LogP contribution in [0.3, 0.4) is 0 Å². The monoisotopic (exact) mass is 288 g/mol. The van der Waals surface area contributed by atoms with Gasteiger partial charge in [0.1, 0.15) is 6.10 Å². The molecule has 1 atom stereocenters. The molecular weight excluding hydrogens is 264 g/mol. The lowest BCUT2D eigenvalue weighted by Crippen LogP contribution is -2.32. The zero-order chi connectivity index (χ0) is 14.9. The van der Waals surface area contributed by atoms with Gasteiger partial charge in [-0.05, 0) is 51.1 Å². The van der Waals surface area contributed by atoms with Gasteiger partial charge in [-0.2, -0.15) is 0 Å². The van der Waals surface area contributed by atoms with Gasteiger partial charge in [0.05, 0.1) is 6.26 Å². The van der Waals surface area contributed by atoms with Crippen LogP contribution in [0.25, 0.3) is 0 Å². The molecule has 0 saturated carbocycles. The summed E-state index contributed by atoms with van der Waals surface area (Å²) in [4.78, 5) is 14.1. The van der Waals surface area contributed by atoms with Crippen LogP contribution < -0.4 is 5.32 Å². The molecule has 0 spiro atoms. The molecule has 4 heteroatoms. The van der Waals surface area contributed by atoms with Gasteiger partial charge in [-0.15, -0.1) is 0 Å². The number of nitrogens with zero attached hydrogens (tertiary/aromatic N) is 1. The Bertz CT molecular complexity index is 459. The Morgan fingerprint density at radius 2 is 2.19 bits per heavy atom. The van der Waals surface area contributed by atoms with Crippen molar-refractivity contribution < 1.29 is 9.53 Å². The second kappa shape index (κ2) is 8.47. The Kier molecular flexibility index (Phi) is 6.28. The molecule has 1 heterocycles. The van der Waals surface area contributed by atoms with Crippen molar-refractivity contribution in [3.63, 3.8) is 0 Å². The summed E-state index contributed by atoms with van der Waals surface area (Å²) in [6.07, 6.45) is 7.73. The van der Waals surface area contributed by atoms with Crippen LogP contribution in [0.1, 0.15) is 25.7 Å². The molecular formula is C17H24N2O2. The number of nitrogens with one attached hydrogen (secondary N) is 1. The number of hydrogen-bond acceptors (Lipinski definition) is 3. The fraction of sp³-hybridized carbons (Fsp3) is 0.471. The summed E-state index contributed by atoms with van der Waals surface area (Å²) in [5.41, 5.74) is 0.859. The van der Waals surface area contributed by atoms with Crippen molar-refractivity contribution in [2.75, 3.05) is 25.5 Å². The van der Waals surface area contributed by atoms with E-state index in [1.165, 1.54) is 0 Å². The highest BCUT2D eigenvalue weighted by Crippen LogP contribution is 2.11. The number of benzene rings is 1. The minimum Gasteiger partial charge on any atom is -0.497 e. The lowest BCUT2D eigenvalue weighted by molar-refractivity contribution is -0.116. The number of para-hydroxylation sites is 1. The largest absolute Gasteiger partial charge is 0.497 e. The predicted octanol–water partition coefficient (Wildman–Crippen LogP) is 3.03. The maximum Gasteiger partial charge on any atom is 0.224 e. The van der Waals surface area contributed by atoms with Crippen LogP contribution >= 0.6 is 0 Å². The van der Waals surface area contributed by atoms with Crippen LogP contribution in [0.5, 0.6) is 0 Å². The average Bonchev–Trinajstić information content (AvgIpc) is 2.49. The van der Waals surface area contributed by atoms with Crippen LogP contribution in [0, 0.1) is 0 Å². The highest BCUT2D eigenvalue weighted by molar-refractivity contribution is 5.90. The number of rotatable bonds is 7. The van der Waals surface area contributed by atoms with Crippen LogP contribution in [-0.4, -0.2) is 37.0 Å². The van der Waals surface area contributed by atoms with Crippen molar-refractivity contribution in [1.29, 1.82) is 0 Å². The Balaban J connectivity index is 1.60. The number of carbonyl (C=O) groups excluding carboxylic acids is 1. The van der Waals surface area contributed by atoms with Crippen molar-refractivity contribution in [1.82, 2.24) is 4.90 Å². The number of ether oxygens (including phenoxy) is 1. The third-order valence-electron chi connectivity index (χ3n) is 3.54. The van der Waals surface area contributed by atoms with Gasteiger partial charge in [0.25, 0.3) is 0 Å². The molecule has 4 nitrogen and oxygen atoms in total. The highest BCUT2D eigenvalue weighted by Gasteiger charge is 2.13. The van der Waals surface area contributed by atoms with Crippen molar-refractivity contribution in [3.8, 4) is 0 Å². The van der Waals surface area contributed by atoms with Gasteiger partial charge in [0.15, 0.2) is 0 Å². The summed E-state index contributed by atoms with van der Waals surface area (Å²) in [5.74, 6) is 0.0754. The normalized spacial score (nSPS) is 17.5. The Hall–Kier alpha value is -1.81. The van der Waals surface area contributed by atoms with E-state index in [0.29, 0.717) is 6.42 Å². The Labute approximate surface area is 126 Å². The van der Waals surface area contributed by atoms with Gasteiger partial charge in [-0.1, -0.05) is 18.2 Å². The van der Waals surface area contributed by atoms with Crippen molar-refractivity contribution >= 4 is 11.6 Å². The van der Waals surface area contributed by atoms with E-state index >= 15 is 0 Å². The van der Waals surface area contributed by atoms with E-state index in [2.05, 4.69) is 23.3 Å². The van der Waals surface area contributed by atoms with E-state index in [4.69, 9.17) is 4.74 Å². The zero-order valence-electron chi connectivity index (χ0n) is 12.6. The smallest absolute Gasteiger partial charge is 0.224 e. The fourth-order valence-corrected chi connectivity index (χ4v) is 2.41. The average molecular weight is 288 g/mol. The fourth-order valence-electron chi connectivity index (χ4n) is 2.41. The van der Waals surface area contributed by atoms with Crippen LogP contribution in [-0.2, 0) is 9.53 Å². The maximum atomic E-state index is 11.8. The molecule has 0 saturated heterocycles. The van der Waals surface area contributed by atoms with Crippen LogP contribution in [0.4, 0.5) is 5.69 Å². The van der Waals surface area contributed by atoms with E-state index in [0.717, 1.165) is 38.0 Å². The SMILES string of the molecule is CN(CCCC(=O)Nc1ccccc1)C[C@H]1CCC=CO1. The number of amides is 1. The number of allylic oxidation sites excluding steroid dienone is 1. The minimum atomic E-state index is 0.0754. The van der Waals surface area contributed by atoms with Gasteiger partial charge < -0.3 is 15.0 Å². The first-order valence-electron chi connectivity index (χ1n) is 7.58. The summed E-state index contributed by atoms with van der Waals surface area (Å²) < 4.78 is 5.55. The molecule has 1 aliphatic rings. The molecule has 1 aromatic rings. The van der Waals surface area contributed by atoms with Gasteiger partial charge in [-0.25, -0.2) is 0 Å². The molecule has 0 bridgehead atoms. The Morgan fingerprint density at radius 1 is 1.38 bits per heavy atom. The number of likely N-dealkylation sites (N-methyl/N-ethyl adjacent to an activating group) is 1. The highest BCUT2D eigenvalue weighted by atomic mass is 16.5. The third-order valence-corrected chi connectivity index (χ3v) is 3.54. The van der Waals surface area contributed by atoms with Gasteiger partial charge in [0.2, 0.25) is 5.91 Å². The van der Waals surface area contributed by atoms with Crippen LogP contribution in [0.2, 0.25) is 0 Å². The molecule has 2 rings (SSSR count). The molecule has 114 valence electrons. The second-order valence-corrected chi connectivity index (χ2v) is 5.49. The Morgan fingerprint density at radius 3 is 2.90 bits per heavy atom. The number of carbonyl (C=O) groups is 1. The zero-order valence-corrected chi connectivity index (χ0v) is 12.6. The standard InChI is InChI=1S/C17H24N2O2/c1-19(14-16-10-5-6-13-21-16)12-7-11-17(20)18-15-8-3-2-4-9-15/h2-4,6,8-9,13,16H,5,7,10-12,14H2,1H3,(H,18,20)/t16-/m1/s1. The lowest BCUT2D eigenvalue weighted by atomic mass is 10.1. The summed E-state index contributed by atoms with van der Waals surface area (Å²) in [6.45, 7) is 1.83. The lowest BCUT2D eigenvalue weighted by Gasteiger charge is -2.25. The summed E-state index contributed by atoms with van der Waals surface area (Å²) in [7, 11) is 2.08. The predicted molar refractivity (Wildman–Crippen MR) is 85.0 cm³/mol. The maximum absolute atomic E-state index is 11.8. The van der Waals surface area contributed by atoms with E-state index in [1.54, 1.807) is 6.26 Å². The first-order chi connectivity index (χ1) is 10.2. The number of hydrogen-bond donors (Lipinski definition) is 1. The van der Waals surface area contributed by atoms with Crippen LogP contribution in [0.15, 0.2) is 42.7 Å². The van der Waals surface area contributed by atoms with Gasteiger partial charge in [0, 0.05) is 18.7 Å². The van der Waals surface area contributed by atoms with Crippen molar-refractivity contribution in [2.45, 2.75) is 31.8 Å². The van der Waals surface area contributed by atoms with Gasteiger partial charge in [-0.3, -0.25) is 4.79 Å². The molecule has 1 N–H and O–H groups in total. The van der Waals surface area contributed by atoms with E-state index in [-0.39, 0.29) is 12.0 Å².